The highest BCUT2D eigenvalue weighted by Crippen LogP contribution is 2.38. The molecule has 0 radical (unpaired) electrons. The summed E-state index contributed by atoms with van der Waals surface area (Å²) in [4.78, 5) is 22.9. The molecule has 1 amide bonds. The Hall–Kier alpha value is -1.32. The smallest absolute Gasteiger partial charge is 0.407 e. The fraction of sp³-hybridized carbons (Fsp3) is 0.714. The first kappa shape index (κ1) is 14.7. The lowest BCUT2D eigenvalue weighted by Crippen LogP contribution is -2.36. The van der Waals surface area contributed by atoms with E-state index in [9.17, 15) is 9.59 Å². The number of ether oxygens (including phenoxy) is 1. The number of amides is 1. The zero-order valence-electron chi connectivity index (χ0n) is 11.5. The number of carbonyl (C=O) groups excluding carboxylic acids is 2. The van der Waals surface area contributed by atoms with Crippen molar-refractivity contribution in [3.05, 3.63) is 12.7 Å². The van der Waals surface area contributed by atoms with E-state index >= 15 is 0 Å². The number of allylic oxidation sites excluding steroid dienone is 1. The number of rotatable bonds is 6. The molecule has 18 heavy (non-hydrogen) atoms. The standard InChI is InChI=1S/C14H23NO3/c1-5-12(16)8-11(10-6-7-10)9-15-13(17)18-14(2,3)4/h5,10-11H,1,6-9H2,2-4H3,(H,15,17). The predicted molar refractivity (Wildman–Crippen MR) is 70.3 cm³/mol. The van der Waals surface area contributed by atoms with Crippen molar-refractivity contribution in [1.82, 2.24) is 5.32 Å². The monoisotopic (exact) mass is 253 g/mol. The molecule has 1 aliphatic rings. The molecule has 1 atom stereocenters. The average Bonchev–Trinajstić information content (AvgIpc) is 3.04. The maximum absolute atomic E-state index is 11.5. The topological polar surface area (TPSA) is 55.4 Å². The molecule has 4 heteroatoms. The Morgan fingerprint density at radius 1 is 1.44 bits per heavy atom. The van der Waals surface area contributed by atoms with Crippen LogP contribution in [-0.4, -0.2) is 24.0 Å². The van der Waals surface area contributed by atoms with Crippen molar-refractivity contribution in [2.45, 2.75) is 45.6 Å². The van der Waals surface area contributed by atoms with Gasteiger partial charge in [0.05, 0.1) is 0 Å². The summed E-state index contributed by atoms with van der Waals surface area (Å²) >= 11 is 0. The van der Waals surface area contributed by atoms with Gasteiger partial charge in [-0.2, -0.15) is 0 Å². The van der Waals surface area contributed by atoms with Gasteiger partial charge in [-0.05, 0) is 51.5 Å². The second kappa shape index (κ2) is 6.03. The summed E-state index contributed by atoms with van der Waals surface area (Å²) in [5.74, 6) is 0.810. The third-order valence-corrected chi connectivity index (χ3v) is 2.89. The Morgan fingerprint density at radius 3 is 2.50 bits per heavy atom. The van der Waals surface area contributed by atoms with E-state index in [1.54, 1.807) is 0 Å². The molecule has 1 aliphatic carbocycles. The summed E-state index contributed by atoms with van der Waals surface area (Å²) in [6.07, 6.45) is 3.68. The first-order chi connectivity index (χ1) is 8.31. The van der Waals surface area contributed by atoms with Crippen LogP contribution in [0.1, 0.15) is 40.0 Å². The van der Waals surface area contributed by atoms with E-state index in [1.165, 1.54) is 6.08 Å². The van der Waals surface area contributed by atoms with Gasteiger partial charge in [0, 0.05) is 13.0 Å². The van der Waals surface area contributed by atoms with Crippen LogP contribution in [0.4, 0.5) is 4.79 Å². The van der Waals surface area contributed by atoms with Gasteiger partial charge >= 0.3 is 6.09 Å². The lowest BCUT2D eigenvalue weighted by Gasteiger charge is -2.21. The third kappa shape index (κ3) is 5.84. The molecule has 1 fully saturated rings. The Morgan fingerprint density at radius 2 is 2.06 bits per heavy atom. The van der Waals surface area contributed by atoms with E-state index in [-0.39, 0.29) is 11.7 Å². The SMILES string of the molecule is C=CC(=O)CC(CNC(=O)OC(C)(C)C)C1CC1. The molecule has 1 rings (SSSR count). The summed E-state index contributed by atoms with van der Waals surface area (Å²) in [6, 6.07) is 0. The largest absolute Gasteiger partial charge is 0.444 e. The van der Waals surface area contributed by atoms with Crippen LogP contribution in [0.3, 0.4) is 0 Å². The first-order valence-corrected chi connectivity index (χ1v) is 6.44. The van der Waals surface area contributed by atoms with Crippen LogP contribution in [0.15, 0.2) is 12.7 Å². The molecular weight excluding hydrogens is 230 g/mol. The summed E-state index contributed by atoms with van der Waals surface area (Å²) in [5.41, 5.74) is -0.490. The average molecular weight is 253 g/mol. The summed E-state index contributed by atoms with van der Waals surface area (Å²) < 4.78 is 5.16. The molecule has 4 nitrogen and oxygen atoms in total. The van der Waals surface area contributed by atoms with Crippen LogP contribution < -0.4 is 5.32 Å². The van der Waals surface area contributed by atoms with Crippen molar-refractivity contribution in [3.63, 3.8) is 0 Å². The van der Waals surface area contributed by atoms with Crippen LogP contribution in [-0.2, 0) is 9.53 Å². The van der Waals surface area contributed by atoms with E-state index < -0.39 is 11.7 Å². The second-order valence-electron chi connectivity index (χ2n) is 5.85. The van der Waals surface area contributed by atoms with E-state index in [2.05, 4.69) is 11.9 Å². The van der Waals surface area contributed by atoms with Crippen LogP contribution in [0, 0.1) is 11.8 Å². The Bertz CT molecular complexity index is 326. The lowest BCUT2D eigenvalue weighted by molar-refractivity contribution is -0.115. The van der Waals surface area contributed by atoms with E-state index in [4.69, 9.17) is 4.74 Å². The van der Waals surface area contributed by atoms with Gasteiger partial charge in [-0.3, -0.25) is 4.79 Å². The van der Waals surface area contributed by atoms with Crippen molar-refractivity contribution < 1.29 is 14.3 Å². The van der Waals surface area contributed by atoms with Gasteiger partial charge in [0.25, 0.3) is 0 Å². The van der Waals surface area contributed by atoms with Gasteiger partial charge in [0.2, 0.25) is 0 Å². The van der Waals surface area contributed by atoms with Crippen molar-refractivity contribution in [2.75, 3.05) is 6.54 Å². The van der Waals surface area contributed by atoms with Crippen LogP contribution in [0.2, 0.25) is 0 Å². The highest BCUT2D eigenvalue weighted by molar-refractivity contribution is 5.89. The maximum atomic E-state index is 11.5. The number of ketones is 1. The minimum absolute atomic E-state index is 0.0397. The third-order valence-electron chi connectivity index (χ3n) is 2.89. The Kier molecular flexibility index (Phi) is 4.93. The van der Waals surface area contributed by atoms with E-state index in [0.29, 0.717) is 18.9 Å². The first-order valence-electron chi connectivity index (χ1n) is 6.44. The van der Waals surface area contributed by atoms with Gasteiger partial charge in [0.15, 0.2) is 5.78 Å². The second-order valence-corrected chi connectivity index (χ2v) is 5.85. The molecule has 0 aromatic carbocycles. The quantitative estimate of drug-likeness (QED) is 0.740. The van der Waals surface area contributed by atoms with Gasteiger partial charge in [0.1, 0.15) is 5.60 Å². The van der Waals surface area contributed by atoms with E-state index in [0.717, 1.165) is 12.8 Å². The highest BCUT2D eigenvalue weighted by atomic mass is 16.6. The molecular formula is C14H23NO3. The Balaban J connectivity index is 2.36. The van der Waals surface area contributed by atoms with E-state index in [1.807, 2.05) is 20.8 Å². The summed E-state index contributed by atoms with van der Waals surface area (Å²) in [7, 11) is 0. The summed E-state index contributed by atoms with van der Waals surface area (Å²) in [6.45, 7) is 9.45. The molecule has 0 aliphatic heterocycles. The normalized spacial score (nSPS) is 16.8. The highest BCUT2D eigenvalue weighted by Gasteiger charge is 2.32. The molecule has 1 saturated carbocycles. The van der Waals surface area contributed by atoms with Crippen LogP contribution in [0.5, 0.6) is 0 Å². The minimum atomic E-state index is -0.490. The van der Waals surface area contributed by atoms with Crippen LogP contribution in [0.25, 0.3) is 0 Å². The zero-order chi connectivity index (χ0) is 13.8. The van der Waals surface area contributed by atoms with Crippen molar-refractivity contribution >= 4 is 11.9 Å². The summed E-state index contributed by atoms with van der Waals surface area (Å²) in [5, 5.41) is 2.74. The number of alkyl carbamates (subject to hydrolysis) is 1. The van der Waals surface area contributed by atoms with Crippen molar-refractivity contribution in [3.8, 4) is 0 Å². The van der Waals surface area contributed by atoms with Gasteiger partial charge in [-0.25, -0.2) is 4.79 Å². The molecule has 1 N–H and O–H groups in total. The van der Waals surface area contributed by atoms with Gasteiger partial charge in [-0.15, -0.1) is 0 Å². The number of hydrogen-bond donors (Lipinski definition) is 1. The fourth-order valence-corrected chi connectivity index (χ4v) is 1.84. The van der Waals surface area contributed by atoms with Gasteiger partial charge in [-0.1, -0.05) is 6.58 Å². The zero-order valence-corrected chi connectivity index (χ0v) is 11.5. The molecule has 0 spiro atoms. The molecule has 0 bridgehead atoms. The minimum Gasteiger partial charge on any atom is -0.444 e. The molecule has 0 aromatic rings. The number of nitrogens with one attached hydrogen (secondary N) is 1. The Labute approximate surface area is 109 Å². The number of carbonyl (C=O) groups is 2. The maximum Gasteiger partial charge on any atom is 0.407 e. The van der Waals surface area contributed by atoms with Gasteiger partial charge < -0.3 is 10.1 Å². The molecule has 0 saturated heterocycles. The predicted octanol–water partition coefficient (Wildman–Crippen LogP) is 2.68. The van der Waals surface area contributed by atoms with Crippen LogP contribution >= 0.6 is 0 Å². The number of hydrogen-bond acceptors (Lipinski definition) is 3. The lowest BCUT2D eigenvalue weighted by atomic mass is 9.97. The fourth-order valence-electron chi connectivity index (χ4n) is 1.84. The molecule has 0 heterocycles. The van der Waals surface area contributed by atoms with Crippen molar-refractivity contribution in [1.29, 1.82) is 0 Å². The molecule has 1 unspecified atom stereocenters. The molecule has 102 valence electrons. The van der Waals surface area contributed by atoms with Crippen molar-refractivity contribution in [2.24, 2.45) is 11.8 Å². The molecule has 0 aromatic heterocycles.